The van der Waals surface area contributed by atoms with Gasteiger partial charge in [0.25, 0.3) is 0 Å². The first-order valence-electron chi connectivity index (χ1n) is 13.1. The minimum absolute atomic E-state index is 0. The quantitative estimate of drug-likeness (QED) is 0.0858. The second-order valence-electron chi connectivity index (χ2n) is 8.62. The van der Waals surface area contributed by atoms with Crippen molar-refractivity contribution in [3.05, 3.63) is 53.6 Å². The van der Waals surface area contributed by atoms with Gasteiger partial charge >= 0.3 is 41.5 Å². The fraction of sp³-hybridized carbons (Fsp3) is 0.571. The molecule has 37 heavy (non-hydrogen) atoms. The molecule has 0 N–H and O–H groups in total. The monoisotopic (exact) mass is 544 g/mol. The van der Waals surface area contributed by atoms with Gasteiger partial charge in [-0.3, -0.25) is 0 Å². The Morgan fingerprint density at radius 3 is 1.68 bits per heavy atom. The summed E-state index contributed by atoms with van der Waals surface area (Å²) in [6.07, 6.45) is 19.8. The summed E-state index contributed by atoms with van der Waals surface area (Å²) in [7, 11) is -5.01. The third kappa shape index (κ3) is 15.5. The van der Waals surface area contributed by atoms with Crippen molar-refractivity contribution in [3.8, 4) is 0 Å². The Balaban J connectivity index is 0.0000130. The summed E-state index contributed by atoms with van der Waals surface area (Å²) in [6, 6.07) is 3.50. The topological polar surface area (TPSA) is 110 Å². The van der Waals surface area contributed by atoms with Crippen LogP contribution in [0.5, 0.6) is 0 Å². The average Bonchev–Trinajstić information content (AvgIpc) is 2.85. The zero-order valence-electron chi connectivity index (χ0n) is 22.7. The number of rotatable bonds is 19. The smallest absolute Gasteiger partial charge is 0.744 e. The van der Waals surface area contributed by atoms with Crippen LogP contribution in [0.25, 0.3) is 0 Å². The first-order valence-corrected chi connectivity index (χ1v) is 14.5. The first kappa shape index (κ1) is 35.5. The van der Waals surface area contributed by atoms with Crippen LogP contribution in [-0.2, 0) is 19.6 Å². The van der Waals surface area contributed by atoms with Crippen molar-refractivity contribution >= 4 is 22.1 Å². The number of esters is 2. The molecule has 0 aliphatic heterocycles. The van der Waals surface area contributed by atoms with E-state index in [1.807, 2.05) is 12.2 Å². The zero-order chi connectivity index (χ0) is 26.7. The van der Waals surface area contributed by atoms with E-state index in [9.17, 15) is 22.6 Å². The van der Waals surface area contributed by atoms with E-state index in [0.717, 1.165) is 44.6 Å². The van der Waals surface area contributed by atoms with E-state index in [1.165, 1.54) is 31.4 Å². The molecule has 0 aliphatic rings. The van der Waals surface area contributed by atoms with E-state index in [-0.39, 0.29) is 48.3 Å². The molecule has 0 atom stereocenters. The SMILES string of the molecule is CCCCC/C=C/CCCOC(=O)c1cccc(S(=O)(=O)[O-])c1C(=O)OCCC/C=C/CCCCC.[Na+]. The number of hydrogen-bond acceptors (Lipinski definition) is 7. The summed E-state index contributed by atoms with van der Waals surface area (Å²) < 4.78 is 45.7. The van der Waals surface area contributed by atoms with Crippen LogP contribution in [0.3, 0.4) is 0 Å². The van der Waals surface area contributed by atoms with E-state index in [4.69, 9.17) is 9.47 Å². The molecule has 1 aromatic carbocycles. The van der Waals surface area contributed by atoms with Crippen molar-refractivity contribution in [2.24, 2.45) is 0 Å². The fourth-order valence-electron chi connectivity index (χ4n) is 3.50. The molecular formula is C28H41NaO7S. The number of unbranched alkanes of at least 4 members (excludes halogenated alkanes) is 8. The second kappa shape index (κ2) is 21.5. The molecular weight excluding hydrogens is 503 g/mol. The van der Waals surface area contributed by atoms with Gasteiger partial charge in [-0.1, -0.05) is 69.9 Å². The molecule has 202 valence electrons. The molecule has 0 fully saturated rings. The molecule has 0 aromatic heterocycles. The van der Waals surface area contributed by atoms with Crippen molar-refractivity contribution < 1.29 is 61.6 Å². The van der Waals surface area contributed by atoms with Gasteiger partial charge in [0.15, 0.2) is 0 Å². The van der Waals surface area contributed by atoms with E-state index >= 15 is 0 Å². The molecule has 1 rings (SSSR count). The normalized spacial score (nSPS) is 11.5. The predicted molar refractivity (Wildman–Crippen MR) is 140 cm³/mol. The summed E-state index contributed by atoms with van der Waals surface area (Å²) in [5.41, 5.74) is -0.855. The molecule has 0 amide bonds. The van der Waals surface area contributed by atoms with Crippen molar-refractivity contribution in [2.45, 2.75) is 95.8 Å². The summed E-state index contributed by atoms with van der Waals surface area (Å²) in [5.74, 6) is -1.90. The maximum Gasteiger partial charge on any atom is 1.00 e. The summed E-state index contributed by atoms with van der Waals surface area (Å²) in [5, 5.41) is 0. The average molecular weight is 545 g/mol. The van der Waals surface area contributed by atoms with E-state index in [1.54, 1.807) is 0 Å². The number of carbonyl (C=O) groups excluding carboxylic acids is 2. The molecule has 0 spiro atoms. The number of allylic oxidation sites excluding steroid dienone is 4. The first-order chi connectivity index (χ1) is 17.3. The maximum atomic E-state index is 12.7. The molecule has 0 saturated carbocycles. The molecule has 0 aliphatic carbocycles. The van der Waals surface area contributed by atoms with Crippen LogP contribution < -0.4 is 29.6 Å². The summed E-state index contributed by atoms with van der Waals surface area (Å²) in [6.45, 7) is 4.44. The van der Waals surface area contributed by atoms with Crippen molar-refractivity contribution in [1.82, 2.24) is 0 Å². The van der Waals surface area contributed by atoms with Crippen LogP contribution in [-0.4, -0.2) is 38.1 Å². The number of carbonyl (C=O) groups is 2. The van der Waals surface area contributed by atoms with Gasteiger partial charge in [-0.15, -0.1) is 0 Å². The van der Waals surface area contributed by atoms with Gasteiger partial charge in [-0.25, -0.2) is 18.0 Å². The van der Waals surface area contributed by atoms with Crippen molar-refractivity contribution in [2.75, 3.05) is 13.2 Å². The largest absolute Gasteiger partial charge is 1.00 e. The second-order valence-corrected chi connectivity index (χ2v) is 9.97. The molecule has 1 aromatic rings. The van der Waals surface area contributed by atoms with Gasteiger partial charge in [0.1, 0.15) is 10.1 Å². The van der Waals surface area contributed by atoms with Crippen LogP contribution in [0.1, 0.15) is 112 Å². The molecule has 7 nitrogen and oxygen atoms in total. The standard InChI is InChI=1S/C28H42O7S.Na/c1-3-5-7-9-11-13-15-17-22-34-27(29)24-20-19-21-25(36(31,32)33)26(24)28(30)35-23-18-16-14-12-10-8-6-4-2;/h11-14,19-21H,3-10,15-18,22-23H2,1-2H3,(H,31,32,33);/q;+1/p-1/b13-11+,14-12+;. The van der Waals surface area contributed by atoms with Crippen molar-refractivity contribution in [3.63, 3.8) is 0 Å². The van der Waals surface area contributed by atoms with Crippen LogP contribution >= 0.6 is 0 Å². The third-order valence-electron chi connectivity index (χ3n) is 5.50. The Bertz CT molecular complexity index is 955. The Kier molecular flexibility index (Phi) is 20.6. The third-order valence-corrected chi connectivity index (χ3v) is 6.38. The Hall–Kier alpha value is -1.45. The van der Waals surface area contributed by atoms with E-state index in [2.05, 4.69) is 26.0 Å². The zero-order valence-corrected chi connectivity index (χ0v) is 25.5. The number of benzene rings is 1. The van der Waals surface area contributed by atoms with Crippen LogP contribution in [0.4, 0.5) is 0 Å². The van der Waals surface area contributed by atoms with Crippen molar-refractivity contribution in [1.29, 1.82) is 0 Å². The Labute approximate surface area is 245 Å². The summed E-state index contributed by atoms with van der Waals surface area (Å²) in [4.78, 5) is 24.5. The number of hydrogen-bond donors (Lipinski definition) is 0. The van der Waals surface area contributed by atoms with E-state index in [0.29, 0.717) is 19.3 Å². The maximum absolute atomic E-state index is 12.7. The molecule has 0 heterocycles. The van der Waals surface area contributed by atoms with Gasteiger partial charge in [-0.05, 0) is 63.5 Å². The van der Waals surface area contributed by atoms with Crippen LogP contribution in [0.15, 0.2) is 47.4 Å². The van der Waals surface area contributed by atoms with Gasteiger partial charge in [-0.2, -0.15) is 0 Å². The van der Waals surface area contributed by atoms with Gasteiger partial charge in [0.05, 0.1) is 29.2 Å². The number of ether oxygens (including phenoxy) is 2. The molecule has 9 heteroatoms. The van der Waals surface area contributed by atoms with Crippen LogP contribution in [0, 0.1) is 0 Å². The Morgan fingerprint density at radius 2 is 1.22 bits per heavy atom. The van der Waals surface area contributed by atoms with E-state index < -0.39 is 32.5 Å². The van der Waals surface area contributed by atoms with Gasteiger partial charge in [0, 0.05) is 0 Å². The minimum Gasteiger partial charge on any atom is -0.744 e. The van der Waals surface area contributed by atoms with Crippen LogP contribution in [0.2, 0.25) is 0 Å². The summed E-state index contributed by atoms with van der Waals surface area (Å²) >= 11 is 0. The van der Waals surface area contributed by atoms with Gasteiger partial charge < -0.3 is 14.0 Å². The van der Waals surface area contributed by atoms with Gasteiger partial charge in [0.2, 0.25) is 0 Å². The minimum atomic E-state index is -5.01. The molecule has 0 saturated heterocycles. The Morgan fingerprint density at radius 1 is 0.757 bits per heavy atom. The fourth-order valence-corrected chi connectivity index (χ4v) is 4.19. The molecule has 0 unspecified atom stereocenters. The molecule has 0 bridgehead atoms. The molecule has 0 radical (unpaired) electrons. The predicted octanol–water partition coefficient (Wildman–Crippen LogP) is 3.74.